The van der Waals surface area contributed by atoms with E-state index in [0.29, 0.717) is 10.8 Å². The first-order chi connectivity index (χ1) is 5.68. The summed E-state index contributed by atoms with van der Waals surface area (Å²) >= 11 is 5.81. The lowest BCUT2D eigenvalue weighted by Crippen LogP contribution is -1.89. The van der Waals surface area contributed by atoms with Crippen molar-refractivity contribution in [3.63, 3.8) is 0 Å². The Balaban J connectivity index is 0.000000845. The molecule has 0 saturated heterocycles. The minimum absolute atomic E-state index is 0. The molecule has 3 nitrogen and oxygen atoms in total. The van der Waals surface area contributed by atoms with Gasteiger partial charge in [-0.05, 0) is 19.1 Å². The van der Waals surface area contributed by atoms with Crippen LogP contribution in [0.25, 0.3) is 5.65 Å². The van der Waals surface area contributed by atoms with E-state index in [-0.39, 0.29) is 12.4 Å². The van der Waals surface area contributed by atoms with E-state index >= 15 is 0 Å². The first-order valence-electron chi connectivity index (χ1n) is 3.58. The van der Waals surface area contributed by atoms with Gasteiger partial charge < -0.3 is 10.1 Å². The van der Waals surface area contributed by atoms with Crippen molar-refractivity contribution in [3.05, 3.63) is 29.0 Å². The molecule has 0 fully saturated rings. The number of halogens is 2. The number of fused-ring (bicyclic) bond motifs is 1. The van der Waals surface area contributed by atoms with E-state index in [2.05, 4.69) is 4.98 Å². The molecule has 13 heavy (non-hydrogen) atoms. The predicted octanol–water partition coefficient (Wildman–Crippen LogP) is 2.30. The fourth-order valence-corrected chi connectivity index (χ4v) is 1.32. The molecule has 2 aromatic rings. The minimum atomic E-state index is 0. The monoisotopic (exact) mass is 217 g/mol. The van der Waals surface area contributed by atoms with Gasteiger partial charge in [0.05, 0.1) is 10.7 Å². The van der Waals surface area contributed by atoms with Crippen LogP contribution in [0.4, 0.5) is 5.82 Å². The summed E-state index contributed by atoms with van der Waals surface area (Å²) in [5.41, 5.74) is 7.38. The van der Waals surface area contributed by atoms with Gasteiger partial charge in [-0.25, -0.2) is 4.98 Å². The molecular weight excluding hydrogens is 209 g/mol. The zero-order valence-corrected chi connectivity index (χ0v) is 8.56. The fourth-order valence-electron chi connectivity index (χ4n) is 1.15. The molecule has 2 N–H and O–H groups in total. The molecule has 2 aromatic heterocycles. The van der Waals surface area contributed by atoms with Crippen LogP contribution in [-0.2, 0) is 0 Å². The zero-order valence-electron chi connectivity index (χ0n) is 6.99. The maximum absolute atomic E-state index is 5.81. The molecule has 0 bridgehead atoms. The van der Waals surface area contributed by atoms with Crippen molar-refractivity contribution in [1.82, 2.24) is 9.38 Å². The third-order valence-corrected chi connectivity index (χ3v) is 2.08. The summed E-state index contributed by atoms with van der Waals surface area (Å²) in [5, 5.41) is 0.683. The molecule has 0 unspecified atom stereocenters. The van der Waals surface area contributed by atoms with Crippen LogP contribution in [0.15, 0.2) is 18.3 Å². The molecule has 0 radical (unpaired) electrons. The predicted molar refractivity (Wildman–Crippen MR) is 56.6 cm³/mol. The zero-order chi connectivity index (χ0) is 8.72. The number of pyridine rings is 1. The topological polar surface area (TPSA) is 43.3 Å². The number of aryl methyl sites for hydroxylation is 1. The van der Waals surface area contributed by atoms with Gasteiger partial charge in [0.15, 0.2) is 0 Å². The van der Waals surface area contributed by atoms with Gasteiger partial charge in [0.2, 0.25) is 0 Å². The fraction of sp³-hybridized carbons (Fsp3) is 0.125. The van der Waals surface area contributed by atoms with Crippen molar-refractivity contribution in [2.75, 3.05) is 5.73 Å². The molecule has 0 aromatic carbocycles. The molecule has 0 saturated carbocycles. The van der Waals surface area contributed by atoms with Gasteiger partial charge in [0.25, 0.3) is 0 Å². The van der Waals surface area contributed by atoms with Crippen LogP contribution in [0, 0.1) is 6.92 Å². The van der Waals surface area contributed by atoms with E-state index in [0.717, 1.165) is 11.3 Å². The SMILES string of the molecule is Cc1c(N)nc2ccc(Cl)cn12.Cl. The number of hydrogen-bond donors (Lipinski definition) is 1. The van der Waals surface area contributed by atoms with Gasteiger partial charge in [-0.3, -0.25) is 0 Å². The first kappa shape index (κ1) is 10.2. The lowest BCUT2D eigenvalue weighted by Gasteiger charge is -1.95. The summed E-state index contributed by atoms with van der Waals surface area (Å²) in [6.07, 6.45) is 1.80. The van der Waals surface area contributed by atoms with Gasteiger partial charge in [0, 0.05) is 6.20 Å². The number of nitrogens with two attached hydrogens (primary N) is 1. The molecule has 0 atom stereocenters. The lowest BCUT2D eigenvalue weighted by molar-refractivity contribution is 1.11. The van der Waals surface area contributed by atoms with Crippen LogP contribution in [0.2, 0.25) is 5.02 Å². The Labute approximate surface area is 86.9 Å². The average molecular weight is 218 g/mol. The highest BCUT2D eigenvalue weighted by Gasteiger charge is 2.03. The minimum Gasteiger partial charge on any atom is -0.382 e. The van der Waals surface area contributed by atoms with E-state index in [9.17, 15) is 0 Å². The molecule has 0 aliphatic carbocycles. The van der Waals surface area contributed by atoms with Crippen molar-refractivity contribution < 1.29 is 0 Å². The van der Waals surface area contributed by atoms with E-state index in [1.165, 1.54) is 0 Å². The Morgan fingerprint density at radius 1 is 1.46 bits per heavy atom. The normalized spacial score (nSPS) is 10.0. The van der Waals surface area contributed by atoms with Crippen molar-refractivity contribution in [3.8, 4) is 0 Å². The van der Waals surface area contributed by atoms with Gasteiger partial charge in [0.1, 0.15) is 11.5 Å². The van der Waals surface area contributed by atoms with Crippen LogP contribution < -0.4 is 5.73 Å². The Hall–Kier alpha value is -0.930. The molecule has 2 rings (SSSR count). The van der Waals surface area contributed by atoms with Crippen molar-refractivity contribution in [2.24, 2.45) is 0 Å². The molecule has 0 aliphatic heterocycles. The molecule has 5 heteroatoms. The molecule has 70 valence electrons. The van der Waals surface area contributed by atoms with E-state index in [1.807, 2.05) is 17.4 Å². The number of imidazole rings is 1. The summed E-state index contributed by atoms with van der Waals surface area (Å²) in [4.78, 5) is 4.14. The first-order valence-corrected chi connectivity index (χ1v) is 3.96. The number of nitrogens with zero attached hydrogens (tertiary/aromatic N) is 2. The second-order valence-electron chi connectivity index (χ2n) is 2.66. The smallest absolute Gasteiger partial charge is 0.145 e. The van der Waals surface area contributed by atoms with Crippen molar-refractivity contribution in [1.29, 1.82) is 0 Å². The number of anilines is 1. The van der Waals surface area contributed by atoms with Gasteiger partial charge >= 0.3 is 0 Å². The van der Waals surface area contributed by atoms with Crippen LogP contribution in [-0.4, -0.2) is 9.38 Å². The Bertz CT molecular complexity index is 436. The quantitative estimate of drug-likeness (QED) is 0.737. The second kappa shape index (κ2) is 3.44. The highest BCUT2D eigenvalue weighted by Crippen LogP contribution is 2.16. The van der Waals surface area contributed by atoms with Crippen LogP contribution >= 0.6 is 24.0 Å². The van der Waals surface area contributed by atoms with Gasteiger partial charge in [-0.1, -0.05) is 11.6 Å². The summed E-state index contributed by atoms with van der Waals surface area (Å²) in [5.74, 6) is 0.553. The molecule has 0 spiro atoms. The molecule has 2 heterocycles. The second-order valence-corrected chi connectivity index (χ2v) is 3.09. The molecule has 0 aliphatic rings. The average Bonchev–Trinajstić information content (AvgIpc) is 2.31. The highest BCUT2D eigenvalue weighted by atomic mass is 35.5. The molecule has 0 amide bonds. The number of hydrogen-bond acceptors (Lipinski definition) is 2. The van der Waals surface area contributed by atoms with Crippen LogP contribution in [0.5, 0.6) is 0 Å². The summed E-state index contributed by atoms with van der Waals surface area (Å²) in [6.45, 7) is 1.91. The lowest BCUT2D eigenvalue weighted by atomic mass is 10.4. The number of aromatic nitrogens is 2. The highest BCUT2D eigenvalue weighted by molar-refractivity contribution is 6.30. The Kier molecular flexibility index (Phi) is 2.68. The number of nitrogen functional groups attached to an aromatic ring is 1. The number of rotatable bonds is 0. The molecular formula is C8H9Cl2N3. The third-order valence-electron chi connectivity index (χ3n) is 1.86. The van der Waals surface area contributed by atoms with E-state index in [4.69, 9.17) is 17.3 Å². The Morgan fingerprint density at radius 2 is 2.15 bits per heavy atom. The summed E-state index contributed by atoms with van der Waals surface area (Å²) in [6, 6.07) is 3.63. The summed E-state index contributed by atoms with van der Waals surface area (Å²) in [7, 11) is 0. The Morgan fingerprint density at radius 3 is 2.85 bits per heavy atom. The van der Waals surface area contributed by atoms with Crippen LogP contribution in [0.1, 0.15) is 5.69 Å². The summed E-state index contributed by atoms with van der Waals surface area (Å²) < 4.78 is 1.87. The van der Waals surface area contributed by atoms with Crippen LogP contribution in [0.3, 0.4) is 0 Å². The standard InChI is InChI=1S/C8H8ClN3.ClH/c1-5-8(10)11-7-3-2-6(9)4-12(5)7;/h2-4H,10H2,1H3;1H. The van der Waals surface area contributed by atoms with Crippen molar-refractivity contribution in [2.45, 2.75) is 6.92 Å². The van der Waals surface area contributed by atoms with Gasteiger partial charge in [-0.15, -0.1) is 12.4 Å². The maximum atomic E-state index is 5.81. The van der Waals surface area contributed by atoms with E-state index in [1.54, 1.807) is 12.3 Å². The van der Waals surface area contributed by atoms with Crippen molar-refractivity contribution >= 4 is 35.5 Å². The maximum Gasteiger partial charge on any atom is 0.145 e. The van der Waals surface area contributed by atoms with Gasteiger partial charge in [-0.2, -0.15) is 0 Å². The largest absolute Gasteiger partial charge is 0.382 e. The third kappa shape index (κ3) is 1.57. The van der Waals surface area contributed by atoms with E-state index < -0.39 is 0 Å².